The lowest BCUT2D eigenvalue weighted by Crippen LogP contribution is -2.47. The molecule has 3 atom stereocenters. The lowest BCUT2D eigenvalue weighted by molar-refractivity contribution is -0.124. The monoisotopic (exact) mass is 246 g/mol. The molecule has 0 aliphatic carbocycles. The minimum Gasteiger partial charge on any atom is -0.352 e. The van der Waals surface area contributed by atoms with Gasteiger partial charge in [-0.1, -0.05) is 27.2 Å². The first-order valence-corrected chi connectivity index (χ1v) is 7.32. The molecule has 0 aliphatic heterocycles. The van der Waals surface area contributed by atoms with Crippen LogP contribution in [-0.4, -0.2) is 29.5 Å². The van der Waals surface area contributed by atoms with E-state index in [-0.39, 0.29) is 23.9 Å². The third kappa shape index (κ3) is 6.38. The Balaban J connectivity index is 3.85. The van der Waals surface area contributed by atoms with Gasteiger partial charge < -0.3 is 11.1 Å². The topological polar surface area (TPSA) is 55.1 Å². The molecule has 0 saturated carbocycles. The van der Waals surface area contributed by atoms with Gasteiger partial charge >= 0.3 is 0 Å². The highest BCUT2D eigenvalue weighted by Gasteiger charge is 2.20. The maximum absolute atomic E-state index is 11.7. The second kappa shape index (κ2) is 8.88. The fourth-order valence-corrected chi connectivity index (χ4v) is 2.14. The summed E-state index contributed by atoms with van der Waals surface area (Å²) in [6.07, 6.45) is 1.95. The number of thioether (sulfide) groups is 1. The molecule has 0 radical (unpaired) electrons. The average molecular weight is 246 g/mol. The van der Waals surface area contributed by atoms with Gasteiger partial charge in [-0.25, -0.2) is 0 Å². The second-order valence-electron chi connectivity index (χ2n) is 4.31. The van der Waals surface area contributed by atoms with Crippen LogP contribution in [0.5, 0.6) is 0 Å². The molecule has 0 heterocycles. The predicted octanol–water partition coefficient (Wildman–Crippen LogP) is 2.01. The van der Waals surface area contributed by atoms with E-state index in [2.05, 4.69) is 19.2 Å². The number of carbonyl (C=O) groups is 1. The standard InChI is InChI=1S/C12H26N2OS/c1-5-9(3)11(13)12(15)14-10(4)7-8-16-6-2/h9-11H,5-8,13H2,1-4H3,(H,14,15). The Bertz CT molecular complexity index is 199. The summed E-state index contributed by atoms with van der Waals surface area (Å²) in [5, 5.41) is 2.98. The van der Waals surface area contributed by atoms with Gasteiger partial charge in [-0.15, -0.1) is 0 Å². The third-order valence-corrected chi connectivity index (χ3v) is 3.78. The van der Waals surface area contributed by atoms with Crippen molar-refractivity contribution in [2.75, 3.05) is 11.5 Å². The SMILES string of the molecule is CCSCCC(C)NC(=O)C(N)C(C)CC. The summed E-state index contributed by atoms with van der Waals surface area (Å²) in [6.45, 7) is 8.26. The molecule has 0 aromatic carbocycles. The molecule has 0 fully saturated rings. The van der Waals surface area contributed by atoms with Crippen molar-refractivity contribution in [2.24, 2.45) is 11.7 Å². The van der Waals surface area contributed by atoms with Crippen LogP contribution in [0.1, 0.15) is 40.5 Å². The van der Waals surface area contributed by atoms with E-state index in [1.807, 2.05) is 25.6 Å². The van der Waals surface area contributed by atoms with Crippen LogP contribution in [0.25, 0.3) is 0 Å². The van der Waals surface area contributed by atoms with Gasteiger partial charge in [0.05, 0.1) is 6.04 Å². The Hall–Kier alpha value is -0.220. The van der Waals surface area contributed by atoms with Crippen LogP contribution in [0.15, 0.2) is 0 Å². The van der Waals surface area contributed by atoms with E-state index in [1.54, 1.807) is 0 Å². The molecule has 96 valence electrons. The molecule has 3 N–H and O–H groups in total. The molecule has 0 aromatic rings. The van der Waals surface area contributed by atoms with Crippen LogP contribution in [0.4, 0.5) is 0 Å². The summed E-state index contributed by atoms with van der Waals surface area (Å²) < 4.78 is 0. The molecule has 0 bridgehead atoms. The molecule has 0 spiro atoms. The van der Waals surface area contributed by atoms with Crippen molar-refractivity contribution in [1.82, 2.24) is 5.32 Å². The van der Waals surface area contributed by atoms with Gasteiger partial charge in [-0.3, -0.25) is 4.79 Å². The summed E-state index contributed by atoms with van der Waals surface area (Å²) in [5.41, 5.74) is 5.86. The maximum atomic E-state index is 11.7. The number of hydrogen-bond acceptors (Lipinski definition) is 3. The molecule has 0 rings (SSSR count). The molecule has 0 saturated heterocycles. The number of nitrogens with one attached hydrogen (secondary N) is 1. The van der Waals surface area contributed by atoms with Crippen LogP contribution < -0.4 is 11.1 Å². The highest BCUT2D eigenvalue weighted by Crippen LogP contribution is 2.07. The fraction of sp³-hybridized carbons (Fsp3) is 0.917. The summed E-state index contributed by atoms with van der Waals surface area (Å²) in [4.78, 5) is 11.7. The molecule has 1 amide bonds. The van der Waals surface area contributed by atoms with Crippen LogP contribution in [-0.2, 0) is 4.79 Å². The van der Waals surface area contributed by atoms with Crippen molar-refractivity contribution in [2.45, 2.75) is 52.6 Å². The quantitative estimate of drug-likeness (QED) is 0.644. The van der Waals surface area contributed by atoms with Crippen molar-refractivity contribution >= 4 is 17.7 Å². The van der Waals surface area contributed by atoms with E-state index in [0.29, 0.717) is 0 Å². The Morgan fingerprint density at radius 3 is 2.50 bits per heavy atom. The van der Waals surface area contributed by atoms with E-state index >= 15 is 0 Å². The molecule has 4 heteroatoms. The Morgan fingerprint density at radius 2 is 2.00 bits per heavy atom. The zero-order valence-corrected chi connectivity index (χ0v) is 11.8. The van der Waals surface area contributed by atoms with Gasteiger partial charge in [0, 0.05) is 6.04 Å². The largest absolute Gasteiger partial charge is 0.352 e. The fourth-order valence-electron chi connectivity index (χ4n) is 1.33. The molecule has 0 aromatic heterocycles. The van der Waals surface area contributed by atoms with Crippen molar-refractivity contribution in [3.05, 3.63) is 0 Å². The van der Waals surface area contributed by atoms with Crippen LogP contribution in [0.2, 0.25) is 0 Å². The van der Waals surface area contributed by atoms with Gasteiger partial charge in [0.2, 0.25) is 5.91 Å². The highest BCUT2D eigenvalue weighted by molar-refractivity contribution is 7.99. The number of hydrogen-bond donors (Lipinski definition) is 2. The van der Waals surface area contributed by atoms with Gasteiger partial charge in [-0.2, -0.15) is 11.8 Å². The van der Waals surface area contributed by atoms with E-state index in [1.165, 1.54) is 0 Å². The van der Waals surface area contributed by atoms with Gasteiger partial charge in [0.25, 0.3) is 0 Å². The number of nitrogens with two attached hydrogens (primary N) is 1. The number of carbonyl (C=O) groups excluding carboxylic acids is 1. The molecular formula is C12H26N2OS. The van der Waals surface area contributed by atoms with Crippen molar-refractivity contribution in [1.29, 1.82) is 0 Å². The number of rotatable bonds is 8. The van der Waals surface area contributed by atoms with Crippen molar-refractivity contribution in [3.63, 3.8) is 0 Å². The van der Waals surface area contributed by atoms with Gasteiger partial charge in [0.15, 0.2) is 0 Å². The molecule has 3 nitrogen and oxygen atoms in total. The zero-order valence-electron chi connectivity index (χ0n) is 11.0. The zero-order chi connectivity index (χ0) is 12.6. The van der Waals surface area contributed by atoms with Gasteiger partial charge in [0.1, 0.15) is 0 Å². The minimum absolute atomic E-state index is 0.0108. The average Bonchev–Trinajstić information content (AvgIpc) is 2.27. The minimum atomic E-state index is -0.369. The van der Waals surface area contributed by atoms with E-state index in [9.17, 15) is 4.79 Å². The second-order valence-corrected chi connectivity index (χ2v) is 5.70. The Kier molecular flexibility index (Phi) is 8.76. The van der Waals surface area contributed by atoms with Crippen molar-refractivity contribution < 1.29 is 4.79 Å². The lowest BCUT2D eigenvalue weighted by atomic mass is 9.99. The van der Waals surface area contributed by atoms with Crippen molar-refractivity contribution in [3.8, 4) is 0 Å². The van der Waals surface area contributed by atoms with E-state index in [0.717, 1.165) is 24.3 Å². The lowest BCUT2D eigenvalue weighted by Gasteiger charge is -2.21. The van der Waals surface area contributed by atoms with Crippen LogP contribution >= 0.6 is 11.8 Å². The normalized spacial score (nSPS) is 16.6. The van der Waals surface area contributed by atoms with E-state index < -0.39 is 0 Å². The predicted molar refractivity (Wildman–Crippen MR) is 72.7 cm³/mol. The Labute approximate surface area is 104 Å². The van der Waals surface area contributed by atoms with Crippen LogP contribution in [0.3, 0.4) is 0 Å². The summed E-state index contributed by atoms with van der Waals surface area (Å²) in [5.74, 6) is 2.46. The maximum Gasteiger partial charge on any atom is 0.237 e. The summed E-state index contributed by atoms with van der Waals surface area (Å²) in [6, 6.07) is -0.145. The summed E-state index contributed by atoms with van der Waals surface area (Å²) >= 11 is 1.90. The smallest absolute Gasteiger partial charge is 0.237 e. The molecule has 0 aliphatic rings. The van der Waals surface area contributed by atoms with Crippen LogP contribution in [0, 0.1) is 5.92 Å². The Morgan fingerprint density at radius 1 is 1.38 bits per heavy atom. The molecule has 16 heavy (non-hydrogen) atoms. The number of amides is 1. The highest BCUT2D eigenvalue weighted by atomic mass is 32.2. The van der Waals surface area contributed by atoms with E-state index in [4.69, 9.17) is 5.73 Å². The first-order chi connectivity index (χ1) is 7.52. The first-order valence-electron chi connectivity index (χ1n) is 6.16. The molecular weight excluding hydrogens is 220 g/mol. The first kappa shape index (κ1) is 15.8. The van der Waals surface area contributed by atoms with Gasteiger partial charge in [-0.05, 0) is 30.8 Å². The summed E-state index contributed by atoms with van der Waals surface area (Å²) in [7, 11) is 0. The molecule has 3 unspecified atom stereocenters. The third-order valence-electron chi connectivity index (χ3n) is 2.85.